The second-order valence-electron chi connectivity index (χ2n) is 6.00. The van der Waals surface area contributed by atoms with Crippen LogP contribution in [0.2, 0.25) is 0 Å². The van der Waals surface area contributed by atoms with Gasteiger partial charge < -0.3 is 9.73 Å². The van der Waals surface area contributed by atoms with Gasteiger partial charge in [0, 0.05) is 16.8 Å². The zero-order chi connectivity index (χ0) is 19.2. The lowest BCUT2D eigenvalue weighted by atomic mass is 10.1. The van der Waals surface area contributed by atoms with Gasteiger partial charge in [0.15, 0.2) is 0 Å². The topological polar surface area (TPSA) is 109 Å². The number of anilines is 1. The predicted molar refractivity (Wildman–Crippen MR) is 99.7 cm³/mol. The number of carbonyl (C=O) groups excluding carboxylic acids is 2. The Hall–Kier alpha value is -3.68. The molecule has 8 heteroatoms. The number of nitrogens with zero attached hydrogens (tertiary/aromatic N) is 2. The first-order valence-electron chi connectivity index (χ1n) is 8.30. The van der Waals surface area contributed by atoms with Crippen molar-refractivity contribution in [2.45, 2.75) is 13.8 Å². The van der Waals surface area contributed by atoms with E-state index in [1.165, 1.54) is 6.39 Å². The van der Waals surface area contributed by atoms with Crippen LogP contribution in [0.1, 0.15) is 21.5 Å². The third-order valence-electron chi connectivity index (χ3n) is 3.89. The minimum absolute atomic E-state index is 0.0419. The molecule has 0 radical (unpaired) electrons. The van der Waals surface area contributed by atoms with E-state index in [4.69, 9.17) is 4.42 Å². The van der Waals surface area contributed by atoms with E-state index in [-0.39, 0.29) is 12.5 Å². The van der Waals surface area contributed by atoms with Crippen molar-refractivity contribution in [3.63, 3.8) is 0 Å². The number of hydrazine groups is 1. The maximum Gasteiger partial charge on any atom is 0.269 e. The molecule has 0 saturated carbocycles. The molecule has 138 valence electrons. The van der Waals surface area contributed by atoms with Gasteiger partial charge in [0.25, 0.3) is 11.8 Å². The van der Waals surface area contributed by atoms with E-state index < -0.39 is 5.91 Å². The fraction of sp³-hybridized carbons (Fsp3) is 0.158. The Morgan fingerprint density at radius 3 is 2.48 bits per heavy atom. The Morgan fingerprint density at radius 1 is 1.04 bits per heavy atom. The van der Waals surface area contributed by atoms with Crippen molar-refractivity contribution < 1.29 is 14.0 Å². The standard InChI is InChI=1S/C19H19N5O3/c1-12-3-8-16(13(2)9-12)20-10-17(25)22-23-18(26)14-4-6-15(7-5-14)19-24-21-11-27-19/h3-9,11,20H,10H2,1-2H3,(H,22,25)(H,23,26). The smallest absolute Gasteiger partial charge is 0.269 e. The highest BCUT2D eigenvalue weighted by Gasteiger charge is 2.09. The van der Waals surface area contributed by atoms with Crippen molar-refractivity contribution in [2.24, 2.45) is 0 Å². The minimum Gasteiger partial charge on any atom is -0.423 e. The lowest BCUT2D eigenvalue weighted by molar-refractivity contribution is -0.120. The van der Waals surface area contributed by atoms with E-state index in [2.05, 4.69) is 26.4 Å². The molecule has 0 aliphatic rings. The van der Waals surface area contributed by atoms with Gasteiger partial charge in [-0.2, -0.15) is 0 Å². The highest BCUT2D eigenvalue weighted by molar-refractivity contribution is 5.96. The molecule has 8 nitrogen and oxygen atoms in total. The van der Waals surface area contributed by atoms with Crippen molar-refractivity contribution in [3.05, 3.63) is 65.5 Å². The van der Waals surface area contributed by atoms with Crippen LogP contribution >= 0.6 is 0 Å². The summed E-state index contributed by atoms with van der Waals surface area (Å²) in [5, 5.41) is 10.4. The third kappa shape index (κ3) is 4.69. The van der Waals surface area contributed by atoms with Gasteiger partial charge in [-0.05, 0) is 49.7 Å². The second-order valence-corrected chi connectivity index (χ2v) is 6.00. The third-order valence-corrected chi connectivity index (χ3v) is 3.89. The Morgan fingerprint density at radius 2 is 1.81 bits per heavy atom. The molecular weight excluding hydrogens is 346 g/mol. The van der Waals surface area contributed by atoms with Crippen LogP contribution in [-0.4, -0.2) is 28.6 Å². The van der Waals surface area contributed by atoms with Gasteiger partial charge in [0.05, 0.1) is 6.54 Å². The highest BCUT2D eigenvalue weighted by atomic mass is 16.4. The number of aryl methyl sites for hydroxylation is 2. The first kappa shape index (κ1) is 18.1. The second kappa shape index (κ2) is 8.13. The normalized spacial score (nSPS) is 10.3. The van der Waals surface area contributed by atoms with Crippen LogP contribution in [-0.2, 0) is 4.79 Å². The van der Waals surface area contributed by atoms with E-state index in [1.807, 2.05) is 32.0 Å². The highest BCUT2D eigenvalue weighted by Crippen LogP contribution is 2.17. The van der Waals surface area contributed by atoms with Gasteiger partial charge in [-0.25, -0.2) is 0 Å². The zero-order valence-electron chi connectivity index (χ0n) is 14.9. The number of hydrogen-bond donors (Lipinski definition) is 3. The van der Waals surface area contributed by atoms with Gasteiger partial charge in [0.2, 0.25) is 12.3 Å². The number of carbonyl (C=O) groups is 2. The molecule has 0 saturated heterocycles. The molecule has 0 unspecified atom stereocenters. The van der Waals surface area contributed by atoms with Crippen molar-refractivity contribution in [3.8, 4) is 11.5 Å². The average Bonchev–Trinajstić information content (AvgIpc) is 3.20. The number of rotatable bonds is 5. The summed E-state index contributed by atoms with van der Waals surface area (Å²) in [5.41, 5.74) is 8.93. The van der Waals surface area contributed by atoms with E-state index >= 15 is 0 Å². The number of benzene rings is 2. The van der Waals surface area contributed by atoms with Crippen LogP contribution in [0.4, 0.5) is 5.69 Å². The first-order chi connectivity index (χ1) is 13.0. The maximum atomic E-state index is 12.1. The molecule has 1 heterocycles. The van der Waals surface area contributed by atoms with Gasteiger partial charge in [-0.15, -0.1) is 10.2 Å². The first-order valence-corrected chi connectivity index (χ1v) is 8.30. The molecule has 0 aliphatic heterocycles. The molecule has 0 aliphatic carbocycles. The quantitative estimate of drug-likeness (QED) is 0.598. The SMILES string of the molecule is Cc1ccc(NCC(=O)NNC(=O)c2ccc(-c3nnco3)cc2)c(C)c1. The van der Waals surface area contributed by atoms with E-state index in [1.54, 1.807) is 24.3 Å². The average molecular weight is 365 g/mol. The number of amides is 2. The summed E-state index contributed by atoms with van der Waals surface area (Å²) in [6.07, 6.45) is 1.23. The minimum atomic E-state index is -0.424. The summed E-state index contributed by atoms with van der Waals surface area (Å²) >= 11 is 0. The summed E-state index contributed by atoms with van der Waals surface area (Å²) in [6, 6.07) is 12.5. The van der Waals surface area contributed by atoms with Crippen LogP contribution in [0.25, 0.3) is 11.5 Å². The van der Waals surface area contributed by atoms with Gasteiger partial charge in [-0.3, -0.25) is 20.4 Å². The van der Waals surface area contributed by atoms with E-state index in [0.29, 0.717) is 17.0 Å². The molecule has 1 aromatic heterocycles. The van der Waals surface area contributed by atoms with Gasteiger partial charge >= 0.3 is 0 Å². The largest absolute Gasteiger partial charge is 0.423 e. The summed E-state index contributed by atoms with van der Waals surface area (Å²) < 4.78 is 5.09. The van der Waals surface area contributed by atoms with Crippen molar-refractivity contribution >= 4 is 17.5 Å². The fourth-order valence-corrected chi connectivity index (χ4v) is 2.49. The Balaban J connectivity index is 1.49. The predicted octanol–water partition coefficient (Wildman–Crippen LogP) is 2.23. The molecule has 3 rings (SSSR count). The molecule has 27 heavy (non-hydrogen) atoms. The molecule has 3 aromatic rings. The molecular formula is C19H19N5O3. The van der Waals surface area contributed by atoms with Crippen molar-refractivity contribution in [1.82, 2.24) is 21.0 Å². The van der Waals surface area contributed by atoms with Crippen LogP contribution in [0.15, 0.2) is 53.3 Å². The lowest BCUT2D eigenvalue weighted by Crippen LogP contribution is -2.44. The molecule has 0 fully saturated rings. The van der Waals surface area contributed by atoms with Crippen LogP contribution < -0.4 is 16.2 Å². The van der Waals surface area contributed by atoms with Crippen molar-refractivity contribution in [1.29, 1.82) is 0 Å². The molecule has 0 spiro atoms. The molecule has 0 atom stereocenters. The lowest BCUT2D eigenvalue weighted by Gasteiger charge is -2.11. The van der Waals surface area contributed by atoms with E-state index in [9.17, 15) is 9.59 Å². The maximum absolute atomic E-state index is 12.1. The molecule has 3 N–H and O–H groups in total. The summed E-state index contributed by atoms with van der Waals surface area (Å²) in [4.78, 5) is 24.0. The summed E-state index contributed by atoms with van der Waals surface area (Å²) in [6.45, 7) is 4.01. The molecule has 0 bridgehead atoms. The Bertz CT molecular complexity index is 936. The van der Waals surface area contributed by atoms with E-state index in [0.717, 1.165) is 16.8 Å². The summed E-state index contributed by atoms with van der Waals surface area (Å²) in [5.74, 6) is -0.412. The number of hydrogen-bond acceptors (Lipinski definition) is 6. The number of aromatic nitrogens is 2. The van der Waals surface area contributed by atoms with Crippen LogP contribution in [0.3, 0.4) is 0 Å². The molecule has 2 aromatic carbocycles. The monoisotopic (exact) mass is 365 g/mol. The Kier molecular flexibility index (Phi) is 5.46. The van der Waals surface area contributed by atoms with Gasteiger partial charge in [0.1, 0.15) is 0 Å². The fourth-order valence-electron chi connectivity index (χ4n) is 2.49. The van der Waals surface area contributed by atoms with Crippen molar-refractivity contribution in [2.75, 3.05) is 11.9 Å². The Labute approximate surface area is 156 Å². The van der Waals surface area contributed by atoms with Crippen LogP contribution in [0.5, 0.6) is 0 Å². The summed E-state index contributed by atoms with van der Waals surface area (Å²) in [7, 11) is 0. The number of nitrogens with one attached hydrogen (secondary N) is 3. The molecule has 2 amide bonds. The van der Waals surface area contributed by atoms with Crippen LogP contribution in [0, 0.1) is 13.8 Å². The zero-order valence-corrected chi connectivity index (χ0v) is 14.9. The van der Waals surface area contributed by atoms with Gasteiger partial charge in [-0.1, -0.05) is 17.7 Å².